The van der Waals surface area contributed by atoms with Gasteiger partial charge in [-0.05, 0) is 18.2 Å². The number of ketones is 1. The number of hydrogen-bond acceptors (Lipinski definition) is 5. The molecule has 0 saturated heterocycles. The first-order valence-electron chi connectivity index (χ1n) is 6.26. The third kappa shape index (κ3) is 2.18. The lowest BCUT2D eigenvalue weighted by atomic mass is 10.0. The van der Waals surface area contributed by atoms with E-state index in [0.29, 0.717) is 11.3 Å². The van der Waals surface area contributed by atoms with Gasteiger partial charge in [-0.25, -0.2) is 0 Å². The van der Waals surface area contributed by atoms with Crippen molar-refractivity contribution in [1.29, 1.82) is 0 Å². The zero-order valence-electron chi connectivity index (χ0n) is 10.8. The summed E-state index contributed by atoms with van der Waals surface area (Å²) in [7, 11) is 0. The molecule has 0 bridgehead atoms. The predicted octanol–water partition coefficient (Wildman–Crippen LogP) is 2.42. The van der Waals surface area contributed by atoms with Crippen molar-refractivity contribution in [1.82, 2.24) is 0 Å². The van der Waals surface area contributed by atoms with Gasteiger partial charge in [0, 0.05) is 18.5 Å². The number of hydrogen-bond donors (Lipinski definition) is 0. The Balaban J connectivity index is 1.97. The fourth-order valence-electron chi connectivity index (χ4n) is 2.30. The molecule has 1 aromatic carbocycles. The topological polar surface area (TPSA) is 93.7 Å². The number of para-hydroxylation sites is 1. The minimum atomic E-state index is -0.704. The van der Waals surface area contributed by atoms with Crippen LogP contribution in [0.2, 0.25) is 0 Å². The highest BCUT2D eigenvalue weighted by Gasteiger charge is 2.30. The first-order chi connectivity index (χ1) is 10.1. The lowest BCUT2D eigenvalue weighted by Crippen LogP contribution is -2.37. The molecule has 1 amide bonds. The Bertz CT molecular complexity index is 749. The first kappa shape index (κ1) is 13.0. The molecule has 0 aliphatic carbocycles. The molecule has 0 radical (unpaired) electrons. The molecule has 0 fully saturated rings. The van der Waals surface area contributed by atoms with Gasteiger partial charge in [-0.15, -0.1) is 0 Å². The summed E-state index contributed by atoms with van der Waals surface area (Å²) in [4.78, 5) is 35.5. The molecule has 1 aliphatic heterocycles. The van der Waals surface area contributed by atoms with Crippen LogP contribution in [0.25, 0.3) is 0 Å². The number of rotatable bonds is 2. The molecular formula is C14H10N2O5. The molecule has 106 valence electrons. The fourth-order valence-corrected chi connectivity index (χ4v) is 2.30. The first-order valence-corrected chi connectivity index (χ1v) is 6.26. The van der Waals surface area contributed by atoms with Crippen LogP contribution in [0.5, 0.6) is 0 Å². The van der Waals surface area contributed by atoms with E-state index < -0.39 is 16.7 Å². The van der Waals surface area contributed by atoms with Gasteiger partial charge >= 0.3 is 5.88 Å². The average Bonchev–Trinajstić information content (AvgIpc) is 2.97. The molecule has 0 N–H and O–H groups in total. The van der Waals surface area contributed by atoms with E-state index in [9.17, 15) is 19.7 Å². The second-order valence-corrected chi connectivity index (χ2v) is 4.54. The Morgan fingerprint density at radius 3 is 2.71 bits per heavy atom. The number of Topliss-reactive ketones (excluding diaryl/α,β-unsaturated/α-hetero) is 1. The lowest BCUT2D eigenvalue weighted by Gasteiger charge is -2.27. The minimum Gasteiger partial charge on any atom is -0.395 e. The molecule has 2 aromatic rings. The van der Waals surface area contributed by atoms with Crippen LogP contribution in [-0.2, 0) is 0 Å². The van der Waals surface area contributed by atoms with E-state index in [-0.39, 0.29) is 24.5 Å². The third-order valence-electron chi connectivity index (χ3n) is 3.29. The lowest BCUT2D eigenvalue weighted by molar-refractivity contribution is -0.402. The maximum atomic E-state index is 12.4. The van der Waals surface area contributed by atoms with Crippen molar-refractivity contribution >= 4 is 23.3 Å². The van der Waals surface area contributed by atoms with E-state index in [2.05, 4.69) is 0 Å². The largest absolute Gasteiger partial charge is 0.433 e. The minimum absolute atomic E-state index is 0.0277. The Morgan fingerprint density at radius 2 is 2.00 bits per heavy atom. The van der Waals surface area contributed by atoms with Crippen LogP contribution >= 0.6 is 0 Å². The van der Waals surface area contributed by atoms with Crippen molar-refractivity contribution in [3.63, 3.8) is 0 Å². The summed E-state index contributed by atoms with van der Waals surface area (Å²) in [5.41, 5.74) is 0.968. The van der Waals surface area contributed by atoms with E-state index in [1.54, 1.807) is 24.3 Å². The van der Waals surface area contributed by atoms with Crippen LogP contribution < -0.4 is 4.90 Å². The molecule has 1 aromatic heterocycles. The van der Waals surface area contributed by atoms with Crippen molar-refractivity contribution in [2.45, 2.75) is 6.42 Å². The molecule has 0 unspecified atom stereocenters. The third-order valence-corrected chi connectivity index (χ3v) is 3.29. The molecule has 3 rings (SSSR count). The van der Waals surface area contributed by atoms with Gasteiger partial charge in [-0.3, -0.25) is 19.7 Å². The highest BCUT2D eigenvalue weighted by molar-refractivity contribution is 6.12. The van der Waals surface area contributed by atoms with Gasteiger partial charge in [-0.1, -0.05) is 12.1 Å². The molecular weight excluding hydrogens is 276 g/mol. The van der Waals surface area contributed by atoms with Crippen molar-refractivity contribution in [3.05, 3.63) is 57.8 Å². The van der Waals surface area contributed by atoms with Crippen molar-refractivity contribution < 1.29 is 18.9 Å². The molecule has 7 nitrogen and oxygen atoms in total. The summed E-state index contributed by atoms with van der Waals surface area (Å²) in [6.07, 6.45) is 0.214. The van der Waals surface area contributed by atoms with Crippen LogP contribution in [0.3, 0.4) is 0 Å². The summed E-state index contributed by atoms with van der Waals surface area (Å²) in [5.74, 6) is -1.13. The molecule has 21 heavy (non-hydrogen) atoms. The fraction of sp³-hybridized carbons (Fsp3) is 0.143. The van der Waals surface area contributed by atoms with Crippen LogP contribution in [0, 0.1) is 10.1 Å². The van der Waals surface area contributed by atoms with Gasteiger partial charge in [0.05, 0.1) is 11.8 Å². The van der Waals surface area contributed by atoms with E-state index in [1.807, 2.05) is 0 Å². The maximum absolute atomic E-state index is 12.4. The summed E-state index contributed by atoms with van der Waals surface area (Å²) in [6.45, 7) is 0.225. The summed E-state index contributed by atoms with van der Waals surface area (Å²) >= 11 is 0. The number of nitro groups is 1. The standard InChI is InChI=1S/C14H10N2O5/c17-11-7-8-15(10-4-2-1-3-9(10)11)14(18)12-5-6-13(21-12)16(19)20/h1-6H,7-8H2. The Kier molecular flexibility index (Phi) is 3.02. The number of carbonyl (C=O) groups is 2. The number of fused-ring (bicyclic) bond motifs is 1. The zero-order chi connectivity index (χ0) is 15.0. The number of amides is 1. The smallest absolute Gasteiger partial charge is 0.395 e. The molecule has 0 saturated carbocycles. The van der Waals surface area contributed by atoms with Gasteiger partial charge in [-0.2, -0.15) is 0 Å². The molecule has 1 aliphatic rings. The normalized spacial score (nSPS) is 13.9. The highest BCUT2D eigenvalue weighted by atomic mass is 16.6. The van der Waals surface area contributed by atoms with E-state index in [1.165, 1.54) is 11.0 Å². The van der Waals surface area contributed by atoms with E-state index in [4.69, 9.17) is 4.42 Å². The number of furan rings is 1. The monoisotopic (exact) mass is 286 g/mol. The molecule has 0 atom stereocenters. The highest BCUT2D eigenvalue weighted by Crippen LogP contribution is 2.29. The van der Waals surface area contributed by atoms with Crippen molar-refractivity contribution in [2.75, 3.05) is 11.4 Å². The number of carbonyl (C=O) groups excluding carboxylic acids is 2. The second-order valence-electron chi connectivity index (χ2n) is 4.54. The number of anilines is 1. The van der Waals surface area contributed by atoms with Gasteiger partial charge in [0.1, 0.15) is 4.92 Å². The van der Waals surface area contributed by atoms with E-state index in [0.717, 1.165) is 6.07 Å². The average molecular weight is 286 g/mol. The molecule has 0 spiro atoms. The van der Waals surface area contributed by atoms with Crippen LogP contribution in [0.4, 0.5) is 11.6 Å². The SMILES string of the molecule is O=C1CCN(C(=O)c2ccc([N+](=O)[O-])o2)c2ccccc21. The quantitative estimate of drug-likeness (QED) is 0.624. The summed E-state index contributed by atoms with van der Waals surface area (Å²) < 4.78 is 4.93. The number of nitrogens with zero attached hydrogens (tertiary/aromatic N) is 2. The van der Waals surface area contributed by atoms with Crippen molar-refractivity contribution in [3.8, 4) is 0 Å². The summed E-state index contributed by atoms with van der Waals surface area (Å²) in [5, 5.41) is 10.6. The van der Waals surface area contributed by atoms with Gasteiger partial charge in [0.2, 0.25) is 0 Å². The van der Waals surface area contributed by atoms with E-state index >= 15 is 0 Å². The maximum Gasteiger partial charge on any atom is 0.433 e. The second kappa shape index (κ2) is 4.86. The zero-order valence-corrected chi connectivity index (χ0v) is 10.8. The Labute approximate surface area is 118 Å². The Hall–Kier alpha value is -2.96. The van der Waals surface area contributed by atoms with Crippen molar-refractivity contribution in [2.24, 2.45) is 0 Å². The van der Waals surface area contributed by atoms with Crippen LogP contribution in [0.1, 0.15) is 27.3 Å². The Morgan fingerprint density at radius 1 is 1.24 bits per heavy atom. The van der Waals surface area contributed by atoms with Gasteiger partial charge in [0.15, 0.2) is 11.5 Å². The van der Waals surface area contributed by atoms with Crippen LogP contribution in [0.15, 0.2) is 40.8 Å². The molecule has 2 heterocycles. The number of benzene rings is 1. The summed E-state index contributed by atoms with van der Waals surface area (Å²) in [6, 6.07) is 9.17. The molecule has 7 heteroatoms. The van der Waals surface area contributed by atoms with Crippen LogP contribution in [-0.4, -0.2) is 23.2 Å². The van der Waals surface area contributed by atoms with Gasteiger partial charge < -0.3 is 9.32 Å². The van der Waals surface area contributed by atoms with Gasteiger partial charge in [0.25, 0.3) is 5.91 Å². The predicted molar refractivity (Wildman–Crippen MR) is 72.4 cm³/mol.